The number of carbonyl (C=O) groups is 1. The second kappa shape index (κ2) is 5.43. The van der Waals surface area contributed by atoms with Gasteiger partial charge < -0.3 is 4.74 Å². The molecule has 0 aliphatic rings. The third-order valence-electron chi connectivity index (χ3n) is 3.08. The van der Waals surface area contributed by atoms with Gasteiger partial charge in [-0.1, -0.05) is 30.3 Å². The Labute approximate surface area is 121 Å². The van der Waals surface area contributed by atoms with E-state index in [0.29, 0.717) is 27.8 Å². The van der Waals surface area contributed by atoms with Crippen molar-refractivity contribution in [3.05, 3.63) is 72.1 Å². The third-order valence-corrected chi connectivity index (χ3v) is 3.08. The lowest BCUT2D eigenvalue weighted by Gasteiger charge is -2.08. The maximum atomic E-state index is 12.1. The molecule has 0 saturated carbocycles. The average molecular weight is 274 g/mol. The SMILES string of the molecule is N#Cc1nccc2c(OC(=O)c3ccccc3)cccc12. The molecule has 0 aliphatic carbocycles. The molecule has 0 spiro atoms. The summed E-state index contributed by atoms with van der Waals surface area (Å²) in [5.74, 6) is -0.0151. The Bertz CT molecular complexity index is 852. The second-order valence-electron chi connectivity index (χ2n) is 4.38. The first kappa shape index (κ1) is 12.8. The number of ether oxygens (including phenoxy) is 1. The standard InChI is InChI=1S/C17H10N2O2/c18-11-15-13-7-4-8-16(14(13)9-10-19-15)21-17(20)12-5-2-1-3-6-12/h1-10H. The summed E-state index contributed by atoms with van der Waals surface area (Å²) in [4.78, 5) is 16.1. The zero-order chi connectivity index (χ0) is 14.7. The predicted molar refractivity (Wildman–Crippen MR) is 77.9 cm³/mol. The number of benzene rings is 2. The highest BCUT2D eigenvalue weighted by Crippen LogP contribution is 2.27. The van der Waals surface area contributed by atoms with E-state index in [2.05, 4.69) is 4.98 Å². The lowest BCUT2D eigenvalue weighted by Crippen LogP contribution is -2.08. The highest BCUT2D eigenvalue weighted by Gasteiger charge is 2.11. The van der Waals surface area contributed by atoms with Crippen LogP contribution < -0.4 is 4.74 Å². The van der Waals surface area contributed by atoms with Crippen molar-refractivity contribution in [3.63, 3.8) is 0 Å². The van der Waals surface area contributed by atoms with Gasteiger partial charge in [0.1, 0.15) is 17.5 Å². The molecular formula is C17H10N2O2. The van der Waals surface area contributed by atoms with Gasteiger partial charge in [0, 0.05) is 17.0 Å². The maximum absolute atomic E-state index is 12.1. The summed E-state index contributed by atoms with van der Waals surface area (Å²) >= 11 is 0. The molecule has 0 atom stereocenters. The van der Waals surface area contributed by atoms with E-state index in [0.717, 1.165) is 0 Å². The number of carbonyl (C=O) groups excluding carboxylic acids is 1. The molecule has 21 heavy (non-hydrogen) atoms. The van der Waals surface area contributed by atoms with Crippen LogP contribution >= 0.6 is 0 Å². The average Bonchev–Trinajstić information content (AvgIpc) is 2.55. The molecule has 1 heterocycles. The lowest BCUT2D eigenvalue weighted by molar-refractivity contribution is 0.0737. The minimum absolute atomic E-state index is 0.310. The fourth-order valence-corrected chi connectivity index (χ4v) is 2.09. The highest BCUT2D eigenvalue weighted by molar-refractivity contribution is 5.96. The van der Waals surface area contributed by atoms with Crippen molar-refractivity contribution in [2.24, 2.45) is 0 Å². The van der Waals surface area contributed by atoms with Crippen LogP contribution in [0.4, 0.5) is 0 Å². The summed E-state index contributed by atoms with van der Waals surface area (Å²) in [5, 5.41) is 10.4. The minimum Gasteiger partial charge on any atom is -0.422 e. The number of hydrogen-bond acceptors (Lipinski definition) is 4. The van der Waals surface area contributed by atoms with Crippen LogP contribution in [0.25, 0.3) is 10.8 Å². The molecule has 0 unspecified atom stereocenters. The fourth-order valence-electron chi connectivity index (χ4n) is 2.09. The molecule has 2 aromatic carbocycles. The summed E-state index contributed by atoms with van der Waals surface area (Å²) in [6.45, 7) is 0. The second-order valence-corrected chi connectivity index (χ2v) is 4.38. The van der Waals surface area contributed by atoms with Crippen LogP contribution in [0.5, 0.6) is 5.75 Å². The van der Waals surface area contributed by atoms with E-state index in [4.69, 9.17) is 10.00 Å². The van der Waals surface area contributed by atoms with Crippen LogP contribution in [0.15, 0.2) is 60.8 Å². The molecular weight excluding hydrogens is 264 g/mol. The van der Waals surface area contributed by atoms with Crippen LogP contribution in [0, 0.1) is 11.3 Å². The lowest BCUT2D eigenvalue weighted by atomic mass is 10.1. The number of aromatic nitrogens is 1. The van der Waals surface area contributed by atoms with Gasteiger partial charge in [-0.2, -0.15) is 5.26 Å². The molecule has 0 N–H and O–H groups in total. The normalized spacial score (nSPS) is 10.0. The first-order valence-electron chi connectivity index (χ1n) is 6.34. The molecule has 4 heteroatoms. The van der Waals surface area contributed by atoms with Crippen LogP contribution in [-0.4, -0.2) is 11.0 Å². The maximum Gasteiger partial charge on any atom is 0.343 e. The number of rotatable bonds is 2. The summed E-state index contributed by atoms with van der Waals surface area (Å²) in [5.41, 5.74) is 0.786. The van der Waals surface area contributed by atoms with Crippen LogP contribution in [0.3, 0.4) is 0 Å². The van der Waals surface area contributed by atoms with Gasteiger partial charge in [0.15, 0.2) is 0 Å². The van der Waals surface area contributed by atoms with Gasteiger partial charge in [-0.05, 0) is 24.3 Å². The van der Waals surface area contributed by atoms with Crippen molar-refractivity contribution in [3.8, 4) is 11.8 Å². The zero-order valence-corrected chi connectivity index (χ0v) is 11.0. The number of nitrogens with zero attached hydrogens (tertiary/aromatic N) is 2. The number of hydrogen-bond donors (Lipinski definition) is 0. The molecule has 0 saturated heterocycles. The van der Waals surface area contributed by atoms with Crippen molar-refractivity contribution in [2.45, 2.75) is 0 Å². The Balaban J connectivity index is 2.02. The summed E-state index contributed by atoms with van der Waals surface area (Å²) < 4.78 is 5.44. The topological polar surface area (TPSA) is 63.0 Å². The van der Waals surface area contributed by atoms with Crippen LogP contribution in [0.1, 0.15) is 16.1 Å². The summed E-state index contributed by atoms with van der Waals surface area (Å²) in [6, 6.07) is 17.7. The molecule has 0 fully saturated rings. The monoisotopic (exact) mass is 274 g/mol. The Morgan fingerprint density at radius 1 is 1.00 bits per heavy atom. The van der Waals surface area contributed by atoms with E-state index < -0.39 is 5.97 Å². The van der Waals surface area contributed by atoms with Gasteiger partial charge in [0.05, 0.1) is 5.56 Å². The van der Waals surface area contributed by atoms with E-state index in [-0.39, 0.29) is 0 Å². The number of fused-ring (bicyclic) bond motifs is 1. The molecule has 4 nitrogen and oxygen atoms in total. The van der Waals surface area contributed by atoms with Crippen molar-refractivity contribution in [1.82, 2.24) is 4.98 Å². The predicted octanol–water partition coefficient (Wildman–Crippen LogP) is 3.33. The molecule has 0 bridgehead atoms. The van der Waals surface area contributed by atoms with Gasteiger partial charge in [0.25, 0.3) is 0 Å². The van der Waals surface area contributed by atoms with Gasteiger partial charge in [0.2, 0.25) is 0 Å². The van der Waals surface area contributed by atoms with E-state index in [1.807, 2.05) is 12.1 Å². The van der Waals surface area contributed by atoms with E-state index in [1.165, 1.54) is 6.20 Å². The smallest absolute Gasteiger partial charge is 0.343 e. The van der Waals surface area contributed by atoms with Crippen molar-refractivity contribution in [1.29, 1.82) is 5.26 Å². The molecule has 0 aliphatic heterocycles. The van der Waals surface area contributed by atoms with Crippen LogP contribution in [0.2, 0.25) is 0 Å². The number of esters is 1. The zero-order valence-electron chi connectivity index (χ0n) is 11.0. The number of nitriles is 1. The van der Waals surface area contributed by atoms with Gasteiger partial charge in [-0.3, -0.25) is 0 Å². The van der Waals surface area contributed by atoms with Crippen molar-refractivity contribution < 1.29 is 9.53 Å². The molecule has 3 rings (SSSR count). The van der Waals surface area contributed by atoms with Crippen LogP contribution in [-0.2, 0) is 0 Å². The Kier molecular flexibility index (Phi) is 3.32. The largest absolute Gasteiger partial charge is 0.422 e. The van der Waals surface area contributed by atoms with Gasteiger partial charge in [-0.25, -0.2) is 9.78 Å². The fraction of sp³-hybridized carbons (Fsp3) is 0. The molecule has 0 amide bonds. The third kappa shape index (κ3) is 2.45. The van der Waals surface area contributed by atoms with E-state index in [9.17, 15) is 4.79 Å². The van der Waals surface area contributed by atoms with Crippen molar-refractivity contribution in [2.75, 3.05) is 0 Å². The Morgan fingerprint density at radius 3 is 2.57 bits per heavy atom. The van der Waals surface area contributed by atoms with E-state index in [1.54, 1.807) is 48.5 Å². The van der Waals surface area contributed by atoms with Crippen molar-refractivity contribution >= 4 is 16.7 Å². The van der Waals surface area contributed by atoms with Gasteiger partial charge >= 0.3 is 5.97 Å². The molecule has 100 valence electrons. The highest BCUT2D eigenvalue weighted by atomic mass is 16.5. The molecule has 1 aromatic heterocycles. The van der Waals surface area contributed by atoms with E-state index >= 15 is 0 Å². The summed E-state index contributed by atoms with van der Waals surface area (Å²) in [6.07, 6.45) is 1.53. The molecule has 0 radical (unpaired) electrons. The molecule has 3 aromatic rings. The first-order valence-corrected chi connectivity index (χ1v) is 6.34. The quantitative estimate of drug-likeness (QED) is 0.531. The Morgan fingerprint density at radius 2 is 1.81 bits per heavy atom. The Hall–Kier alpha value is -3.19. The first-order chi connectivity index (χ1) is 10.3. The van der Waals surface area contributed by atoms with Gasteiger partial charge in [-0.15, -0.1) is 0 Å². The number of pyridine rings is 1. The minimum atomic E-state index is -0.432. The summed E-state index contributed by atoms with van der Waals surface area (Å²) in [7, 11) is 0.